The lowest BCUT2D eigenvalue weighted by molar-refractivity contribution is -0.114. The summed E-state index contributed by atoms with van der Waals surface area (Å²) in [6.45, 7) is 7.60. The molecule has 0 fully saturated rings. The molecule has 1 N–H and O–H groups in total. The van der Waals surface area contributed by atoms with Crippen LogP contribution in [0.1, 0.15) is 46.8 Å². The number of carbonyl (C=O) groups is 2. The first-order valence-corrected chi connectivity index (χ1v) is 12.0. The molecule has 0 aliphatic rings. The number of rotatable bonds is 9. The Morgan fingerprint density at radius 3 is 2.13 bits per heavy atom. The van der Waals surface area contributed by atoms with Crippen molar-refractivity contribution in [2.45, 2.75) is 40.5 Å². The number of benzene rings is 2. The standard InChI is InChI=1S/C23H30N2O5S/c1-6-7-12-30-23(27)19-8-10-20(11-9-19)24-21(26)15-25(31(5,28)29)22-17(3)13-16(2)14-18(22)4/h8-11,13-14H,6-7,12,15H2,1-5H3,(H,24,26). The van der Waals surface area contributed by atoms with E-state index >= 15 is 0 Å². The van der Waals surface area contributed by atoms with Gasteiger partial charge in [-0.1, -0.05) is 31.0 Å². The fourth-order valence-electron chi connectivity index (χ4n) is 3.34. The first-order valence-electron chi connectivity index (χ1n) is 10.2. The molecule has 0 bridgehead atoms. The summed E-state index contributed by atoms with van der Waals surface area (Å²) in [6.07, 6.45) is 2.82. The zero-order valence-corrected chi connectivity index (χ0v) is 19.5. The van der Waals surface area contributed by atoms with E-state index in [-0.39, 0.29) is 6.54 Å². The summed E-state index contributed by atoms with van der Waals surface area (Å²) in [6, 6.07) is 10.1. The van der Waals surface area contributed by atoms with Crippen LogP contribution in [0.5, 0.6) is 0 Å². The van der Waals surface area contributed by atoms with E-state index in [2.05, 4.69) is 5.32 Å². The predicted octanol–water partition coefficient (Wildman–Crippen LogP) is 3.97. The van der Waals surface area contributed by atoms with Gasteiger partial charge in [-0.15, -0.1) is 0 Å². The number of hydrogen-bond acceptors (Lipinski definition) is 5. The number of sulfonamides is 1. The zero-order valence-electron chi connectivity index (χ0n) is 18.7. The quantitative estimate of drug-likeness (QED) is 0.465. The van der Waals surface area contributed by atoms with Crippen molar-refractivity contribution < 1.29 is 22.7 Å². The number of nitrogens with zero attached hydrogens (tertiary/aromatic N) is 1. The van der Waals surface area contributed by atoms with Crippen LogP contribution in [0.3, 0.4) is 0 Å². The van der Waals surface area contributed by atoms with Gasteiger partial charge >= 0.3 is 5.97 Å². The summed E-state index contributed by atoms with van der Waals surface area (Å²) < 4.78 is 31.1. The molecule has 7 nitrogen and oxygen atoms in total. The smallest absolute Gasteiger partial charge is 0.338 e. The number of unbranched alkanes of at least 4 members (excludes halogenated alkanes) is 1. The van der Waals surface area contributed by atoms with Gasteiger partial charge in [0.1, 0.15) is 6.54 Å². The lowest BCUT2D eigenvalue weighted by Crippen LogP contribution is -2.38. The maximum absolute atomic E-state index is 12.6. The second kappa shape index (κ2) is 10.4. The third-order valence-electron chi connectivity index (χ3n) is 4.71. The van der Waals surface area contributed by atoms with Crippen molar-refractivity contribution in [3.05, 3.63) is 58.7 Å². The molecule has 0 radical (unpaired) electrons. The highest BCUT2D eigenvalue weighted by molar-refractivity contribution is 7.92. The van der Waals surface area contributed by atoms with Crippen LogP contribution in [0.25, 0.3) is 0 Å². The molecule has 0 unspecified atom stereocenters. The van der Waals surface area contributed by atoms with E-state index in [0.717, 1.165) is 40.1 Å². The molecule has 2 aromatic rings. The van der Waals surface area contributed by atoms with E-state index in [1.54, 1.807) is 24.3 Å². The van der Waals surface area contributed by atoms with E-state index in [1.807, 2.05) is 39.8 Å². The predicted molar refractivity (Wildman–Crippen MR) is 123 cm³/mol. The summed E-state index contributed by atoms with van der Waals surface area (Å²) in [5.74, 6) is -0.900. The van der Waals surface area contributed by atoms with Gasteiger partial charge in [0.05, 0.1) is 24.1 Å². The van der Waals surface area contributed by atoms with Crippen molar-refractivity contribution in [3.8, 4) is 0 Å². The molecule has 2 aromatic carbocycles. The first-order chi connectivity index (χ1) is 14.5. The van der Waals surface area contributed by atoms with Crippen LogP contribution in [0, 0.1) is 20.8 Å². The van der Waals surface area contributed by atoms with Crippen molar-refractivity contribution in [1.82, 2.24) is 0 Å². The van der Waals surface area contributed by atoms with Crippen LogP contribution >= 0.6 is 0 Å². The van der Waals surface area contributed by atoms with Crippen LogP contribution in [0.2, 0.25) is 0 Å². The lowest BCUT2D eigenvalue weighted by atomic mass is 10.1. The fourth-order valence-corrected chi connectivity index (χ4v) is 4.31. The molecule has 168 valence electrons. The summed E-state index contributed by atoms with van der Waals surface area (Å²) in [4.78, 5) is 24.6. The molecule has 31 heavy (non-hydrogen) atoms. The van der Waals surface area contributed by atoms with Crippen molar-refractivity contribution in [2.24, 2.45) is 0 Å². The Kier molecular flexibility index (Phi) is 8.21. The maximum atomic E-state index is 12.6. The van der Waals surface area contributed by atoms with Crippen molar-refractivity contribution in [1.29, 1.82) is 0 Å². The number of esters is 1. The molecular weight excluding hydrogens is 416 g/mol. The summed E-state index contributed by atoms with van der Waals surface area (Å²) in [5.41, 5.74) is 3.93. The average Bonchev–Trinajstić information content (AvgIpc) is 2.66. The Balaban J connectivity index is 2.13. The second-order valence-electron chi connectivity index (χ2n) is 7.63. The van der Waals surface area contributed by atoms with Gasteiger partial charge in [0, 0.05) is 5.69 Å². The fraction of sp³-hybridized carbons (Fsp3) is 0.391. The van der Waals surface area contributed by atoms with E-state index in [9.17, 15) is 18.0 Å². The molecule has 0 spiro atoms. The number of hydrogen-bond donors (Lipinski definition) is 1. The van der Waals surface area contributed by atoms with Crippen LogP contribution in [0.4, 0.5) is 11.4 Å². The highest BCUT2D eigenvalue weighted by atomic mass is 32.2. The van der Waals surface area contributed by atoms with Crippen molar-refractivity contribution >= 4 is 33.3 Å². The molecule has 0 aliphatic carbocycles. The minimum Gasteiger partial charge on any atom is -0.462 e. The number of carbonyl (C=O) groups excluding carboxylic acids is 2. The van der Waals surface area contributed by atoms with Crippen LogP contribution in [-0.2, 0) is 19.6 Å². The lowest BCUT2D eigenvalue weighted by Gasteiger charge is -2.26. The molecule has 8 heteroatoms. The van der Waals surface area contributed by atoms with E-state index < -0.39 is 21.9 Å². The van der Waals surface area contributed by atoms with Gasteiger partial charge in [-0.3, -0.25) is 9.10 Å². The van der Waals surface area contributed by atoms with Gasteiger partial charge in [0.25, 0.3) is 0 Å². The first kappa shape index (κ1) is 24.4. The number of anilines is 2. The van der Waals surface area contributed by atoms with Gasteiger partial charge in [0.15, 0.2) is 0 Å². The largest absolute Gasteiger partial charge is 0.462 e. The topological polar surface area (TPSA) is 92.8 Å². The zero-order chi connectivity index (χ0) is 23.2. The summed E-state index contributed by atoms with van der Waals surface area (Å²) in [7, 11) is -3.68. The normalized spacial score (nSPS) is 11.1. The third kappa shape index (κ3) is 6.82. The number of aryl methyl sites for hydroxylation is 3. The Morgan fingerprint density at radius 2 is 1.61 bits per heavy atom. The molecule has 0 heterocycles. The van der Waals surface area contributed by atoms with Crippen LogP contribution in [-0.4, -0.2) is 39.7 Å². The number of amides is 1. The summed E-state index contributed by atoms with van der Waals surface area (Å²) in [5, 5.41) is 2.69. The van der Waals surface area contributed by atoms with Gasteiger partial charge in [-0.25, -0.2) is 13.2 Å². The molecule has 0 saturated carbocycles. The Morgan fingerprint density at radius 1 is 1.03 bits per heavy atom. The van der Waals surface area contributed by atoms with E-state index in [1.165, 1.54) is 0 Å². The van der Waals surface area contributed by atoms with E-state index in [0.29, 0.717) is 23.5 Å². The number of nitrogens with one attached hydrogen (secondary N) is 1. The van der Waals surface area contributed by atoms with Gasteiger partial charge in [-0.05, 0) is 62.6 Å². The van der Waals surface area contributed by atoms with Gasteiger partial charge in [-0.2, -0.15) is 0 Å². The van der Waals surface area contributed by atoms with Crippen LogP contribution < -0.4 is 9.62 Å². The van der Waals surface area contributed by atoms with Crippen LogP contribution in [0.15, 0.2) is 36.4 Å². The Hall–Kier alpha value is -2.87. The monoisotopic (exact) mass is 446 g/mol. The molecule has 2 rings (SSSR count). The molecule has 0 aliphatic heterocycles. The van der Waals surface area contributed by atoms with Crippen molar-refractivity contribution in [3.63, 3.8) is 0 Å². The Bertz CT molecular complexity index is 1020. The molecule has 0 atom stereocenters. The second-order valence-corrected chi connectivity index (χ2v) is 9.54. The molecule has 1 amide bonds. The third-order valence-corrected chi connectivity index (χ3v) is 5.82. The highest BCUT2D eigenvalue weighted by Gasteiger charge is 2.24. The Labute approximate surface area is 184 Å². The van der Waals surface area contributed by atoms with Gasteiger partial charge < -0.3 is 10.1 Å². The SMILES string of the molecule is CCCCOC(=O)c1ccc(NC(=O)CN(c2c(C)cc(C)cc2C)S(C)(=O)=O)cc1. The van der Waals surface area contributed by atoms with E-state index in [4.69, 9.17) is 4.74 Å². The maximum Gasteiger partial charge on any atom is 0.338 e. The molecule has 0 saturated heterocycles. The van der Waals surface area contributed by atoms with Crippen molar-refractivity contribution in [2.75, 3.05) is 29.0 Å². The average molecular weight is 447 g/mol. The minimum atomic E-state index is -3.68. The minimum absolute atomic E-state index is 0.357. The molecule has 0 aromatic heterocycles. The number of ether oxygens (including phenoxy) is 1. The molecular formula is C23H30N2O5S. The summed E-state index contributed by atoms with van der Waals surface area (Å²) >= 11 is 0. The highest BCUT2D eigenvalue weighted by Crippen LogP contribution is 2.28. The van der Waals surface area contributed by atoms with Gasteiger partial charge in [0.2, 0.25) is 15.9 Å².